The van der Waals surface area contributed by atoms with Gasteiger partial charge in [0, 0.05) is 25.0 Å². The van der Waals surface area contributed by atoms with Crippen LogP contribution in [0.2, 0.25) is 0 Å². The van der Waals surface area contributed by atoms with E-state index < -0.39 is 5.97 Å². The lowest BCUT2D eigenvalue weighted by atomic mass is 10.0. The van der Waals surface area contributed by atoms with Crippen molar-refractivity contribution in [3.8, 4) is 0 Å². The Morgan fingerprint density at radius 3 is 2.62 bits per heavy atom. The zero-order valence-corrected chi connectivity index (χ0v) is 16.6. The van der Waals surface area contributed by atoms with E-state index in [0.29, 0.717) is 48.3 Å². The molecule has 0 aliphatic carbocycles. The molecule has 0 bridgehead atoms. The van der Waals surface area contributed by atoms with E-state index in [4.69, 9.17) is 9.63 Å². The van der Waals surface area contributed by atoms with Crippen molar-refractivity contribution in [3.05, 3.63) is 41.0 Å². The van der Waals surface area contributed by atoms with Gasteiger partial charge in [-0.1, -0.05) is 19.0 Å². The Bertz CT molecular complexity index is 1080. The summed E-state index contributed by atoms with van der Waals surface area (Å²) in [6.45, 7) is 6.98. The number of aromatic carboxylic acids is 1. The van der Waals surface area contributed by atoms with Gasteiger partial charge in [-0.15, -0.1) is 0 Å². The van der Waals surface area contributed by atoms with E-state index in [1.54, 1.807) is 10.9 Å². The maximum absolute atomic E-state index is 13.3. The SMILES string of the molecule is Cc1noc2nc(C(C)C)cc(C(=O)N3CCC(n4cc(C(=O)O)cn4)CC3)c12. The summed E-state index contributed by atoms with van der Waals surface area (Å²) in [4.78, 5) is 30.7. The summed E-state index contributed by atoms with van der Waals surface area (Å²) in [5.74, 6) is -0.892. The summed E-state index contributed by atoms with van der Waals surface area (Å²) in [6, 6.07) is 1.92. The summed E-state index contributed by atoms with van der Waals surface area (Å²) >= 11 is 0. The van der Waals surface area contributed by atoms with E-state index in [1.807, 2.05) is 31.7 Å². The summed E-state index contributed by atoms with van der Waals surface area (Å²) in [7, 11) is 0. The third kappa shape index (κ3) is 3.48. The van der Waals surface area contributed by atoms with Crippen LogP contribution in [-0.2, 0) is 0 Å². The minimum atomic E-state index is -0.990. The van der Waals surface area contributed by atoms with E-state index in [9.17, 15) is 9.59 Å². The van der Waals surface area contributed by atoms with Gasteiger partial charge in [0.2, 0.25) is 0 Å². The molecule has 0 radical (unpaired) electrons. The third-order valence-corrected chi connectivity index (χ3v) is 5.43. The highest BCUT2D eigenvalue weighted by molar-refractivity contribution is 6.06. The monoisotopic (exact) mass is 397 g/mol. The number of rotatable bonds is 4. The standard InChI is InChI=1S/C20H23N5O4/c1-11(2)16-8-15(17-12(3)23-29-18(17)22-16)19(26)24-6-4-14(5-7-24)25-10-13(9-21-25)20(27)28/h8-11,14H,4-7H2,1-3H3,(H,27,28). The van der Waals surface area contributed by atoms with E-state index >= 15 is 0 Å². The predicted molar refractivity (Wildman–Crippen MR) is 104 cm³/mol. The smallest absolute Gasteiger partial charge is 0.338 e. The fourth-order valence-electron chi connectivity index (χ4n) is 3.73. The molecule has 1 N–H and O–H groups in total. The maximum atomic E-state index is 13.3. The van der Waals surface area contributed by atoms with Crippen molar-refractivity contribution in [1.82, 2.24) is 24.8 Å². The first-order valence-electron chi connectivity index (χ1n) is 9.68. The van der Waals surface area contributed by atoms with E-state index in [-0.39, 0.29) is 23.4 Å². The zero-order valence-electron chi connectivity index (χ0n) is 16.6. The first-order valence-corrected chi connectivity index (χ1v) is 9.68. The molecule has 1 amide bonds. The number of aryl methyl sites for hydroxylation is 1. The molecule has 4 heterocycles. The minimum absolute atomic E-state index is 0.0595. The molecule has 1 fully saturated rings. The van der Waals surface area contributed by atoms with Crippen LogP contribution in [0.1, 0.15) is 70.8 Å². The number of pyridine rings is 1. The van der Waals surface area contributed by atoms with E-state index in [2.05, 4.69) is 15.2 Å². The van der Waals surface area contributed by atoms with Crippen LogP contribution in [-0.4, -0.2) is 54.9 Å². The Hall–Kier alpha value is -3.23. The van der Waals surface area contributed by atoms with Crippen LogP contribution in [0.25, 0.3) is 11.1 Å². The molecule has 0 unspecified atom stereocenters. The van der Waals surface area contributed by atoms with Crippen LogP contribution in [0.5, 0.6) is 0 Å². The van der Waals surface area contributed by atoms with Crippen molar-refractivity contribution in [3.63, 3.8) is 0 Å². The van der Waals surface area contributed by atoms with Gasteiger partial charge in [0.1, 0.15) is 0 Å². The number of fused-ring (bicyclic) bond motifs is 1. The number of carbonyl (C=O) groups excluding carboxylic acids is 1. The van der Waals surface area contributed by atoms with Crippen LogP contribution < -0.4 is 0 Å². The highest BCUT2D eigenvalue weighted by Gasteiger charge is 2.28. The van der Waals surface area contributed by atoms with Crippen LogP contribution in [0.15, 0.2) is 23.0 Å². The lowest BCUT2D eigenvalue weighted by Crippen LogP contribution is -2.39. The summed E-state index contributed by atoms with van der Waals surface area (Å²) in [5.41, 5.74) is 2.59. The van der Waals surface area contributed by atoms with Crippen LogP contribution in [0, 0.1) is 6.92 Å². The number of hydrogen-bond acceptors (Lipinski definition) is 6. The van der Waals surface area contributed by atoms with Gasteiger partial charge >= 0.3 is 5.97 Å². The molecule has 4 rings (SSSR count). The average molecular weight is 397 g/mol. The Balaban J connectivity index is 1.55. The first-order chi connectivity index (χ1) is 13.8. The second-order valence-corrected chi connectivity index (χ2v) is 7.74. The molecule has 9 nitrogen and oxygen atoms in total. The number of carboxylic acids is 1. The topological polar surface area (TPSA) is 114 Å². The van der Waals surface area contributed by atoms with Crippen molar-refractivity contribution in [2.45, 2.75) is 45.6 Å². The van der Waals surface area contributed by atoms with Gasteiger partial charge in [-0.05, 0) is 31.7 Å². The fraction of sp³-hybridized carbons (Fsp3) is 0.450. The molecule has 9 heteroatoms. The highest BCUT2D eigenvalue weighted by atomic mass is 16.5. The van der Waals surface area contributed by atoms with Crippen LogP contribution in [0.3, 0.4) is 0 Å². The molecule has 0 aromatic carbocycles. The number of amides is 1. The molecular weight excluding hydrogens is 374 g/mol. The summed E-state index contributed by atoms with van der Waals surface area (Å²) in [6.07, 6.45) is 4.32. The first kappa shape index (κ1) is 19.1. The number of hydrogen-bond donors (Lipinski definition) is 1. The van der Waals surface area contributed by atoms with Gasteiger partial charge in [-0.25, -0.2) is 9.78 Å². The van der Waals surface area contributed by atoms with Gasteiger partial charge in [-0.3, -0.25) is 9.48 Å². The highest BCUT2D eigenvalue weighted by Crippen LogP contribution is 2.28. The van der Waals surface area contributed by atoms with E-state index in [1.165, 1.54) is 6.20 Å². The van der Waals surface area contributed by atoms with Gasteiger partial charge in [0.15, 0.2) is 0 Å². The van der Waals surface area contributed by atoms with Crippen molar-refractivity contribution in [2.24, 2.45) is 0 Å². The Morgan fingerprint density at radius 2 is 2.00 bits per heavy atom. The van der Waals surface area contributed by atoms with Crippen molar-refractivity contribution in [1.29, 1.82) is 0 Å². The van der Waals surface area contributed by atoms with E-state index in [0.717, 1.165) is 5.69 Å². The number of piperidine rings is 1. The Morgan fingerprint density at radius 1 is 1.28 bits per heavy atom. The quantitative estimate of drug-likeness (QED) is 0.719. The van der Waals surface area contributed by atoms with Crippen LogP contribution in [0.4, 0.5) is 0 Å². The Kier molecular flexibility index (Phi) is 4.81. The predicted octanol–water partition coefficient (Wildman–Crippen LogP) is 3.03. The Labute approximate surface area is 167 Å². The minimum Gasteiger partial charge on any atom is -0.478 e. The molecule has 0 atom stereocenters. The molecule has 1 saturated heterocycles. The van der Waals surface area contributed by atoms with Crippen molar-refractivity contribution >= 4 is 23.0 Å². The summed E-state index contributed by atoms with van der Waals surface area (Å²) in [5, 5.41) is 17.9. The third-order valence-electron chi connectivity index (χ3n) is 5.43. The van der Waals surface area contributed by atoms with Gasteiger partial charge in [-0.2, -0.15) is 5.10 Å². The molecule has 152 valence electrons. The molecule has 1 aliphatic rings. The fourth-order valence-corrected chi connectivity index (χ4v) is 3.73. The molecule has 3 aromatic heterocycles. The largest absolute Gasteiger partial charge is 0.478 e. The molecule has 1 aliphatic heterocycles. The van der Waals surface area contributed by atoms with Crippen LogP contribution >= 0.6 is 0 Å². The molecule has 0 spiro atoms. The number of carbonyl (C=O) groups is 2. The maximum Gasteiger partial charge on any atom is 0.338 e. The average Bonchev–Trinajstić information content (AvgIpc) is 3.34. The van der Waals surface area contributed by atoms with Gasteiger partial charge in [0.25, 0.3) is 11.6 Å². The normalized spacial score (nSPS) is 15.4. The van der Waals surface area contributed by atoms with Gasteiger partial charge < -0.3 is 14.5 Å². The molecule has 29 heavy (non-hydrogen) atoms. The molecular formula is C20H23N5O4. The van der Waals surface area contributed by atoms with Crippen molar-refractivity contribution in [2.75, 3.05) is 13.1 Å². The number of nitrogens with zero attached hydrogens (tertiary/aromatic N) is 5. The zero-order chi connectivity index (χ0) is 20.7. The summed E-state index contributed by atoms with van der Waals surface area (Å²) < 4.78 is 7.01. The molecule has 3 aromatic rings. The lowest BCUT2D eigenvalue weighted by Gasteiger charge is -2.32. The van der Waals surface area contributed by atoms with Gasteiger partial charge in [0.05, 0.1) is 34.4 Å². The number of likely N-dealkylation sites (tertiary alicyclic amines) is 1. The second-order valence-electron chi connectivity index (χ2n) is 7.74. The number of aromatic nitrogens is 4. The lowest BCUT2D eigenvalue weighted by molar-refractivity contribution is 0.0689. The second kappa shape index (κ2) is 7.31. The molecule has 0 saturated carbocycles. The number of carboxylic acid groups (broad SMARTS) is 1. The van der Waals surface area contributed by atoms with Crippen molar-refractivity contribution < 1.29 is 19.2 Å².